The van der Waals surface area contributed by atoms with Gasteiger partial charge in [-0.05, 0) is 12.8 Å². The van der Waals surface area contributed by atoms with Gasteiger partial charge in [0.1, 0.15) is 5.02 Å². The molecule has 1 heterocycles. The molecule has 0 bridgehead atoms. The molecule has 1 aromatic heterocycles. The van der Waals surface area contributed by atoms with Crippen molar-refractivity contribution < 1.29 is 9.84 Å². The third kappa shape index (κ3) is 3.96. The summed E-state index contributed by atoms with van der Waals surface area (Å²) in [6, 6.07) is 0.136. The molecule has 1 aliphatic carbocycles. The number of anilines is 1. The van der Waals surface area contributed by atoms with Crippen LogP contribution in [0.1, 0.15) is 25.7 Å². The van der Waals surface area contributed by atoms with Crippen molar-refractivity contribution >= 4 is 17.3 Å². The summed E-state index contributed by atoms with van der Waals surface area (Å²) in [6.45, 7) is 0.927. The average molecular weight is 316 g/mol. The molecule has 1 saturated carbocycles. The Morgan fingerprint density at radius 3 is 3.00 bits per heavy atom. The van der Waals surface area contributed by atoms with E-state index in [1.807, 2.05) is 0 Å². The number of ether oxygens (including phenoxy) is 1. The van der Waals surface area contributed by atoms with Crippen LogP contribution in [0.2, 0.25) is 5.02 Å². The summed E-state index contributed by atoms with van der Waals surface area (Å²) in [5, 5.41) is 17.0. The van der Waals surface area contributed by atoms with Crippen molar-refractivity contribution in [3.63, 3.8) is 0 Å². The summed E-state index contributed by atoms with van der Waals surface area (Å²) in [6.07, 6.45) is 5.78. The van der Waals surface area contributed by atoms with E-state index in [1.54, 1.807) is 13.3 Å². The van der Waals surface area contributed by atoms with Crippen molar-refractivity contribution in [3.05, 3.63) is 21.6 Å². The van der Waals surface area contributed by atoms with Crippen LogP contribution in [0.5, 0.6) is 0 Å². The van der Waals surface area contributed by atoms with Gasteiger partial charge in [0.05, 0.1) is 25.0 Å². The van der Waals surface area contributed by atoms with E-state index in [4.69, 9.17) is 16.3 Å². The van der Waals surface area contributed by atoms with Crippen molar-refractivity contribution in [1.29, 1.82) is 0 Å². The summed E-state index contributed by atoms with van der Waals surface area (Å²) in [5.41, 5.74) is 0.218. The highest BCUT2D eigenvalue weighted by molar-refractivity contribution is 6.32. The van der Waals surface area contributed by atoms with E-state index in [0.29, 0.717) is 18.8 Å². The first-order valence-electron chi connectivity index (χ1n) is 7.29. The Balaban J connectivity index is 2.13. The molecule has 2 rings (SSSR count). The van der Waals surface area contributed by atoms with Crippen LogP contribution in [0.4, 0.5) is 5.69 Å². The molecule has 6 nitrogen and oxygen atoms in total. The Hall–Kier alpha value is -1.11. The standard InChI is InChI=1S/C14H22ClN3O3/c1-21-7-6-18-14(20)13(15)12(8-16-18)17-11-5-3-2-4-10(11)9-19/h8,10-11,17,19H,2-7,9H2,1H3. The molecule has 1 fully saturated rings. The minimum atomic E-state index is -0.324. The van der Waals surface area contributed by atoms with Gasteiger partial charge >= 0.3 is 0 Å². The lowest BCUT2D eigenvalue weighted by atomic mass is 9.85. The van der Waals surface area contributed by atoms with Crippen LogP contribution in [0, 0.1) is 5.92 Å². The number of methoxy groups -OCH3 is 1. The Kier molecular flexibility index (Phi) is 6.02. The molecular weight excluding hydrogens is 294 g/mol. The van der Waals surface area contributed by atoms with E-state index in [9.17, 15) is 9.90 Å². The van der Waals surface area contributed by atoms with Gasteiger partial charge in [0.15, 0.2) is 0 Å². The second kappa shape index (κ2) is 7.77. The van der Waals surface area contributed by atoms with E-state index >= 15 is 0 Å². The van der Waals surface area contributed by atoms with Crippen molar-refractivity contribution in [2.75, 3.05) is 25.6 Å². The first-order valence-corrected chi connectivity index (χ1v) is 7.67. The lowest BCUT2D eigenvalue weighted by Gasteiger charge is -2.31. The molecule has 21 heavy (non-hydrogen) atoms. The zero-order valence-corrected chi connectivity index (χ0v) is 13.0. The van der Waals surface area contributed by atoms with Crippen LogP contribution in [0.15, 0.2) is 11.0 Å². The second-order valence-electron chi connectivity index (χ2n) is 5.37. The summed E-state index contributed by atoms with van der Waals surface area (Å²) >= 11 is 6.15. The third-order valence-electron chi connectivity index (χ3n) is 3.98. The smallest absolute Gasteiger partial charge is 0.287 e. The molecule has 2 unspecified atom stereocenters. The number of hydrogen-bond donors (Lipinski definition) is 2. The van der Waals surface area contributed by atoms with Gasteiger partial charge in [-0.1, -0.05) is 24.4 Å². The molecule has 0 amide bonds. The highest BCUT2D eigenvalue weighted by Crippen LogP contribution is 2.28. The number of nitrogens with one attached hydrogen (secondary N) is 1. The predicted octanol–water partition coefficient (Wildman–Crippen LogP) is 1.51. The number of aliphatic hydroxyl groups excluding tert-OH is 1. The molecular formula is C14H22ClN3O3. The molecule has 0 radical (unpaired) electrons. The lowest BCUT2D eigenvalue weighted by Crippen LogP contribution is -2.35. The number of hydrogen-bond acceptors (Lipinski definition) is 5. The Bertz CT molecular complexity index is 521. The quantitative estimate of drug-likeness (QED) is 0.832. The van der Waals surface area contributed by atoms with Gasteiger partial charge in [0, 0.05) is 25.7 Å². The summed E-state index contributed by atoms with van der Waals surface area (Å²) in [5.74, 6) is 0.200. The van der Waals surface area contributed by atoms with E-state index in [-0.39, 0.29) is 29.1 Å². The van der Waals surface area contributed by atoms with Crippen LogP contribution in [0.3, 0.4) is 0 Å². The first-order chi connectivity index (χ1) is 10.2. The van der Waals surface area contributed by atoms with E-state index < -0.39 is 0 Å². The van der Waals surface area contributed by atoms with E-state index in [1.165, 1.54) is 4.68 Å². The Labute approximate surface area is 129 Å². The predicted molar refractivity (Wildman–Crippen MR) is 81.8 cm³/mol. The zero-order chi connectivity index (χ0) is 15.2. The molecule has 118 valence electrons. The highest BCUT2D eigenvalue weighted by atomic mass is 35.5. The molecule has 0 aliphatic heterocycles. The van der Waals surface area contributed by atoms with E-state index in [2.05, 4.69) is 10.4 Å². The molecule has 1 aliphatic rings. The Morgan fingerprint density at radius 2 is 2.29 bits per heavy atom. The number of nitrogens with zero attached hydrogens (tertiary/aromatic N) is 2. The van der Waals surface area contributed by atoms with Gasteiger partial charge in [-0.15, -0.1) is 0 Å². The van der Waals surface area contributed by atoms with Crippen molar-refractivity contribution in [2.24, 2.45) is 5.92 Å². The molecule has 2 N–H and O–H groups in total. The fraction of sp³-hybridized carbons (Fsp3) is 0.714. The normalized spacial score (nSPS) is 22.2. The van der Waals surface area contributed by atoms with Gasteiger partial charge in [0.2, 0.25) is 0 Å². The Morgan fingerprint density at radius 1 is 1.52 bits per heavy atom. The maximum absolute atomic E-state index is 12.1. The zero-order valence-electron chi connectivity index (χ0n) is 12.2. The number of aromatic nitrogens is 2. The fourth-order valence-corrected chi connectivity index (χ4v) is 2.92. The maximum Gasteiger partial charge on any atom is 0.287 e. The fourth-order valence-electron chi connectivity index (χ4n) is 2.72. The summed E-state index contributed by atoms with van der Waals surface area (Å²) in [4.78, 5) is 12.1. The molecule has 0 saturated heterocycles. The van der Waals surface area contributed by atoms with Crippen LogP contribution < -0.4 is 10.9 Å². The number of aliphatic hydroxyl groups is 1. The number of rotatable bonds is 6. The highest BCUT2D eigenvalue weighted by Gasteiger charge is 2.25. The summed E-state index contributed by atoms with van der Waals surface area (Å²) in [7, 11) is 1.57. The molecule has 2 atom stereocenters. The van der Waals surface area contributed by atoms with Gasteiger partial charge in [-0.3, -0.25) is 4.79 Å². The number of halogens is 1. The van der Waals surface area contributed by atoms with Gasteiger partial charge in [-0.2, -0.15) is 5.10 Å². The SMILES string of the molecule is COCCn1ncc(NC2CCCCC2CO)c(Cl)c1=O. The topological polar surface area (TPSA) is 76.4 Å². The monoisotopic (exact) mass is 315 g/mol. The van der Waals surface area contributed by atoms with Gasteiger partial charge < -0.3 is 15.2 Å². The molecule has 1 aromatic rings. The van der Waals surface area contributed by atoms with Crippen LogP contribution >= 0.6 is 11.6 Å². The molecule has 0 spiro atoms. The molecule has 7 heteroatoms. The lowest BCUT2D eigenvalue weighted by molar-refractivity contribution is 0.178. The van der Waals surface area contributed by atoms with E-state index in [0.717, 1.165) is 25.7 Å². The van der Waals surface area contributed by atoms with Crippen LogP contribution in [-0.2, 0) is 11.3 Å². The van der Waals surface area contributed by atoms with Crippen molar-refractivity contribution in [2.45, 2.75) is 38.3 Å². The average Bonchev–Trinajstić information content (AvgIpc) is 2.51. The minimum Gasteiger partial charge on any atom is -0.396 e. The third-order valence-corrected chi connectivity index (χ3v) is 4.34. The summed E-state index contributed by atoms with van der Waals surface area (Å²) < 4.78 is 6.23. The second-order valence-corrected chi connectivity index (χ2v) is 5.75. The minimum absolute atomic E-state index is 0.136. The van der Waals surface area contributed by atoms with Crippen LogP contribution in [0.25, 0.3) is 0 Å². The van der Waals surface area contributed by atoms with Gasteiger partial charge in [0.25, 0.3) is 5.56 Å². The molecule has 0 aromatic carbocycles. The van der Waals surface area contributed by atoms with Crippen LogP contribution in [-0.4, -0.2) is 41.3 Å². The van der Waals surface area contributed by atoms with Crippen molar-refractivity contribution in [3.8, 4) is 0 Å². The van der Waals surface area contributed by atoms with Crippen molar-refractivity contribution in [1.82, 2.24) is 9.78 Å². The first kappa shape index (κ1) is 16.3. The maximum atomic E-state index is 12.1. The van der Waals surface area contributed by atoms with Gasteiger partial charge in [-0.25, -0.2) is 4.68 Å². The largest absolute Gasteiger partial charge is 0.396 e.